The molecule has 0 aliphatic carbocycles. The Kier molecular flexibility index (Phi) is 5.40. The highest BCUT2D eigenvalue weighted by Crippen LogP contribution is 2.31. The lowest BCUT2D eigenvalue weighted by Crippen LogP contribution is -2.36. The van der Waals surface area contributed by atoms with Gasteiger partial charge in [0.15, 0.2) is 0 Å². The Morgan fingerprint density at radius 1 is 0.800 bits per heavy atom. The highest BCUT2D eigenvalue weighted by Gasteiger charge is 2.42. The first-order valence-electron chi connectivity index (χ1n) is 9.81. The van der Waals surface area contributed by atoms with Crippen molar-refractivity contribution in [2.45, 2.75) is 12.8 Å². The Morgan fingerprint density at radius 2 is 1.20 bits per heavy atom. The number of carbonyl (C=O) groups excluding carboxylic acids is 2. The van der Waals surface area contributed by atoms with E-state index in [1.165, 1.54) is 0 Å². The molecule has 0 saturated carbocycles. The second-order valence-corrected chi connectivity index (χ2v) is 7.80. The van der Waals surface area contributed by atoms with Crippen molar-refractivity contribution in [2.24, 2.45) is 11.8 Å². The number of fused-ring (bicyclic) bond motifs is 1. The number of pyridine rings is 2. The zero-order valence-corrected chi connectivity index (χ0v) is 16.4. The lowest BCUT2D eigenvalue weighted by molar-refractivity contribution is -0.130. The van der Waals surface area contributed by atoms with Crippen molar-refractivity contribution in [2.75, 3.05) is 26.2 Å². The lowest BCUT2D eigenvalue weighted by Gasteiger charge is -2.22. The van der Waals surface area contributed by atoms with Gasteiger partial charge in [-0.1, -0.05) is 12.1 Å². The van der Waals surface area contributed by atoms with E-state index in [0.29, 0.717) is 49.4 Å². The summed E-state index contributed by atoms with van der Waals surface area (Å²) in [6.45, 7) is 2.65. The molecule has 0 spiro atoms. The summed E-state index contributed by atoms with van der Waals surface area (Å²) in [5.74, 6) is 0.710. The molecule has 4 rings (SSSR count). The molecule has 2 fully saturated rings. The summed E-state index contributed by atoms with van der Waals surface area (Å²) < 4.78 is 0. The zero-order valence-electron chi connectivity index (χ0n) is 16.4. The molecule has 30 heavy (non-hydrogen) atoms. The van der Waals surface area contributed by atoms with Crippen molar-refractivity contribution >= 4 is 11.8 Å². The van der Waals surface area contributed by atoms with Gasteiger partial charge < -0.3 is 9.80 Å². The molecule has 8 nitrogen and oxygen atoms in total. The SMILES string of the molecule is N#Cc1ccc(CC(=O)N2CC3CN(C(=O)Cc4ccc(C#N)nc4)CC3C2)cn1. The second-order valence-electron chi connectivity index (χ2n) is 7.80. The molecule has 2 aliphatic heterocycles. The van der Waals surface area contributed by atoms with Crippen LogP contribution in [0.1, 0.15) is 22.5 Å². The molecule has 0 radical (unpaired) electrons. The third-order valence-electron chi connectivity index (χ3n) is 5.78. The molecule has 2 aromatic heterocycles. The van der Waals surface area contributed by atoms with E-state index in [4.69, 9.17) is 10.5 Å². The van der Waals surface area contributed by atoms with Crippen LogP contribution in [0.5, 0.6) is 0 Å². The third-order valence-corrected chi connectivity index (χ3v) is 5.78. The van der Waals surface area contributed by atoms with E-state index < -0.39 is 0 Å². The number of hydrogen-bond donors (Lipinski definition) is 0. The molecule has 0 atom stereocenters. The Balaban J connectivity index is 1.28. The predicted molar refractivity (Wildman–Crippen MR) is 105 cm³/mol. The van der Waals surface area contributed by atoms with Gasteiger partial charge in [-0.05, 0) is 23.3 Å². The molecule has 8 heteroatoms. The van der Waals surface area contributed by atoms with Crippen molar-refractivity contribution in [1.29, 1.82) is 10.5 Å². The van der Waals surface area contributed by atoms with Crippen LogP contribution in [0.3, 0.4) is 0 Å². The van der Waals surface area contributed by atoms with Crippen molar-refractivity contribution in [3.05, 3.63) is 59.2 Å². The molecule has 0 N–H and O–H groups in total. The number of nitrogens with zero attached hydrogens (tertiary/aromatic N) is 6. The van der Waals surface area contributed by atoms with Gasteiger partial charge in [0, 0.05) is 50.4 Å². The van der Waals surface area contributed by atoms with Crippen LogP contribution < -0.4 is 0 Å². The van der Waals surface area contributed by atoms with Crippen molar-refractivity contribution < 1.29 is 9.59 Å². The van der Waals surface area contributed by atoms with Gasteiger partial charge in [-0.15, -0.1) is 0 Å². The van der Waals surface area contributed by atoms with Gasteiger partial charge in [-0.2, -0.15) is 10.5 Å². The molecule has 0 bridgehead atoms. The third kappa shape index (κ3) is 4.13. The molecule has 150 valence electrons. The maximum Gasteiger partial charge on any atom is 0.227 e. The maximum atomic E-state index is 12.6. The van der Waals surface area contributed by atoms with E-state index >= 15 is 0 Å². The van der Waals surface area contributed by atoms with Crippen LogP contribution in [0.15, 0.2) is 36.7 Å². The predicted octanol–water partition coefficient (Wildman–Crippen LogP) is 0.922. The molecular weight excluding hydrogens is 380 g/mol. The van der Waals surface area contributed by atoms with Gasteiger partial charge in [-0.3, -0.25) is 9.59 Å². The van der Waals surface area contributed by atoms with Gasteiger partial charge in [-0.25, -0.2) is 9.97 Å². The Hall–Kier alpha value is -3.78. The first-order valence-corrected chi connectivity index (χ1v) is 9.81. The molecule has 2 aromatic rings. The van der Waals surface area contributed by atoms with Crippen LogP contribution in [0, 0.1) is 34.5 Å². The lowest BCUT2D eigenvalue weighted by atomic mass is 10.0. The molecule has 2 amide bonds. The number of nitriles is 2. The molecule has 2 saturated heterocycles. The second kappa shape index (κ2) is 8.30. The van der Waals surface area contributed by atoms with E-state index in [2.05, 4.69) is 9.97 Å². The Labute approximate surface area is 174 Å². The van der Waals surface area contributed by atoms with Gasteiger partial charge in [0.25, 0.3) is 0 Å². The standard InChI is InChI=1S/C22H20N6O2/c23-7-19-3-1-15(9-25-19)5-21(29)27-11-17-13-28(14-18(17)12-27)22(30)6-16-2-4-20(8-24)26-10-16/h1-4,9-10,17-18H,5-6,11-14H2. The van der Waals surface area contributed by atoms with Gasteiger partial charge >= 0.3 is 0 Å². The van der Waals surface area contributed by atoms with Crippen LogP contribution in [0.4, 0.5) is 0 Å². The van der Waals surface area contributed by atoms with Gasteiger partial charge in [0.05, 0.1) is 12.8 Å². The van der Waals surface area contributed by atoms with E-state index in [1.54, 1.807) is 36.7 Å². The fraction of sp³-hybridized carbons (Fsp3) is 0.364. The Bertz CT molecular complexity index is 938. The monoisotopic (exact) mass is 400 g/mol. The van der Waals surface area contributed by atoms with Gasteiger partial charge in [0.1, 0.15) is 23.5 Å². The number of carbonyl (C=O) groups is 2. The summed E-state index contributed by atoms with van der Waals surface area (Å²) in [5.41, 5.74) is 2.26. The summed E-state index contributed by atoms with van der Waals surface area (Å²) in [6.07, 6.45) is 3.69. The zero-order chi connectivity index (χ0) is 21.1. The number of amides is 2. The van der Waals surface area contributed by atoms with Crippen molar-refractivity contribution in [3.63, 3.8) is 0 Å². The fourth-order valence-electron chi connectivity index (χ4n) is 4.16. The minimum absolute atomic E-state index is 0.0532. The number of rotatable bonds is 4. The first-order chi connectivity index (χ1) is 14.6. The fourth-order valence-corrected chi connectivity index (χ4v) is 4.16. The van der Waals surface area contributed by atoms with Crippen molar-refractivity contribution in [1.82, 2.24) is 19.8 Å². The minimum atomic E-state index is 0.0532. The smallest absolute Gasteiger partial charge is 0.227 e. The average molecular weight is 400 g/mol. The summed E-state index contributed by atoms with van der Waals surface area (Å²) in [7, 11) is 0. The van der Waals surface area contributed by atoms with E-state index in [-0.39, 0.29) is 24.7 Å². The summed E-state index contributed by atoms with van der Waals surface area (Å²) >= 11 is 0. The largest absolute Gasteiger partial charge is 0.342 e. The number of aromatic nitrogens is 2. The molecule has 4 heterocycles. The first kappa shape index (κ1) is 19.5. The number of hydrogen-bond acceptors (Lipinski definition) is 6. The van der Waals surface area contributed by atoms with Crippen LogP contribution in [0.2, 0.25) is 0 Å². The van der Waals surface area contributed by atoms with Crippen LogP contribution in [-0.2, 0) is 22.4 Å². The van der Waals surface area contributed by atoms with Crippen LogP contribution >= 0.6 is 0 Å². The van der Waals surface area contributed by atoms with E-state index in [0.717, 1.165) is 11.1 Å². The quantitative estimate of drug-likeness (QED) is 0.754. The normalized spacial score (nSPS) is 19.8. The average Bonchev–Trinajstić information content (AvgIpc) is 3.34. The summed E-state index contributed by atoms with van der Waals surface area (Å²) in [5, 5.41) is 17.6. The van der Waals surface area contributed by atoms with E-state index in [9.17, 15) is 9.59 Å². The number of likely N-dealkylation sites (tertiary alicyclic amines) is 2. The van der Waals surface area contributed by atoms with E-state index in [1.807, 2.05) is 21.9 Å². The molecule has 0 aromatic carbocycles. The maximum absolute atomic E-state index is 12.6. The highest BCUT2D eigenvalue weighted by molar-refractivity contribution is 5.80. The summed E-state index contributed by atoms with van der Waals surface area (Å²) in [4.78, 5) is 37.0. The van der Waals surface area contributed by atoms with Gasteiger partial charge in [0.2, 0.25) is 11.8 Å². The summed E-state index contributed by atoms with van der Waals surface area (Å²) in [6, 6.07) is 10.7. The van der Waals surface area contributed by atoms with Crippen LogP contribution in [0.25, 0.3) is 0 Å². The topological polar surface area (TPSA) is 114 Å². The molecule has 0 unspecified atom stereocenters. The molecular formula is C22H20N6O2. The highest BCUT2D eigenvalue weighted by atomic mass is 16.2. The van der Waals surface area contributed by atoms with Crippen LogP contribution in [-0.4, -0.2) is 57.8 Å². The molecule has 2 aliphatic rings. The van der Waals surface area contributed by atoms with Crippen molar-refractivity contribution in [3.8, 4) is 12.1 Å². The Morgan fingerprint density at radius 3 is 1.50 bits per heavy atom. The minimum Gasteiger partial charge on any atom is -0.342 e.